The van der Waals surface area contributed by atoms with Crippen molar-refractivity contribution < 1.29 is 4.79 Å². The van der Waals surface area contributed by atoms with Crippen LogP contribution in [-0.2, 0) is 4.79 Å². The SMILES string of the molecule is Cc1sc2ncnc(N3CCC(C(=O)N4CCCCC4CN)CC3)c2c1C.Cl. The van der Waals surface area contributed by atoms with Crippen LogP contribution in [0.25, 0.3) is 10.2 Å². The molecule has 0 saturated carbocycles. The zero-order valence-corrected chi connectivity index (χ0v) is 18.3. The summed E-state index contributed by atoms with van der Waals surface area (Å²) < 4.78 is 0. The molecule has 8 heteroatoms. The summed E-state index contributed by atoms with van der Waals surface area (Å²) in [6.45, 7) is 7.50. The van der Waals surface area contributed by atoms with Crippen molar-refractivity contribution in [2.45, 2.75) is 52.0 Å². The molecular weight excluding hydrogens is 394 g/mol. The number of piperidine rings is 2. The summed E-state index contributed by atoms with van der Waals surface area (Å²) >= 11 is 1.73. The van der Waals surface area contributed by atoms with E-state index < -0.39 is 0 Å². The van der Waals surface area contributed by atoms with Gasteiger partial charge in [0.2, 0.25) is 5.91 Å². The summed E-state index contributed by atoms with van der Waals surface area (Å²) in [4.78, 5) is 28.9. The molecule has 4 rings (SSSR count). The number of likely N-dealkylation sites (tertiary alicyclic amines) is 1. The first-order valence-corrected chi connectivity index (χ1v) is 10.9. The van der Waals surface area contributed by atoms with Gasteiger partial charge in [0.15, 0.2) is 0 Å². The largest absolute Gasteiger partial charge is 0.356 e. The van der Waals surface area contributed by atoms with Crippen LogP contribution in [-0.4, -0.2) is 53.0 Å². The van der Waals surface area contributed by atoms with E-state index in [-0.39, 0.29) is 24.4 Å². The van der Waals surface area contributed by atoms with E-state index in [0.717, 1.165) is 56.0 Å². The van der Waals surface area contributed by atoms with Gasteiger partial charge in [-0.1, -0.05) is 0 Å². The third kappa shape index (κ3) is 3.84. The van der Waals surface area contributed by atoms with E-state index in [4.69, 9.17) is 5.73 Å². The zero-order valence-electron chi connectivity index (χ0n) is 16.7. The lowest BCUT2D eigenvalue weighted by atomic mass is 9.92. The maximum atomic E-state index is 13.1. The van der Waals surface area contributed by atoms with Crippen LogP contribution < -0.4 is 10.6 Å². The average Bonchev–Trinajstić information content (AvgIpc) is 3.01. The highest BCUT2D eigenvalue weighted by atomic mass is 35.5. The summed E-state index contributed by atoms with van der Waals surface area (Å²) in [6.07, 6.45) is 6.80. The second-order valence-corrected chi connectivity index (χ2v) is 9.04. The molecule has 2 aliphatic heterocycles. The van der Waals surface area contributed by atoms with Gasteiger partial charge < -0.3 is 15.5 Å². The Morgan fingerprint density at radius 3 is 2.64 bits per heavy atom. The maximum absolute atomic E-state index is 13.1. The zero-order chi connectivity index (χ0) is 19.0. The number of amides is 1. The lowest BCUT2D eigenvalue weighted by molar-refractivity contribution is -0.139. The number of carbonyl (C=O) groups is 1. The number of fused-ring (bicyclic) bond motifs is 1. The third-order valence-electron chi connectivity index (χ3n) is 6.27. The predicted molar refractivity (Wildman–Crippen MR) is 117 cm³/mol. The van der Waals surface area contributed by atoms with Gasteiger partial charge in [0.05, 0.1) is 5.39 Å². The maximum Gasteiger partial charge on any atom is 0.226 e. The van der Waals surface area contributed by atoms with E-state index in [2.05, 4.69) is 33.6 Å². The Morgan fingerprint density at radius 2 is 1.93 bits per heavy atom. The van der Waals surface area contributed by atoms with Crippen molar-refractivity contribution in [3.63, 3.8) is 0 Å². The van der Waals surface area contributed by atoms with Gasteiger partial charge in [-0.25, -0.2) is 9.97 Å². The first-order chi connectivity index (χ1) is 13.1. The molecule has 154 valence electrons. The molecule has 0 aromatic carbocycles. The number of nitrogens with two attached hydrogens (primary N) is 1. The molecule has 1 atom stereocenters. The van der Waals surface area contributed by atoms with Crippen LogP contribution in [0.3, 0.4) is 0 Å². The molecule has 2 saturated heterocycles. The molecule has 2 N–H and O–H groups in total. The van der Waals surface area contributed by atoms with Crippen molar-refractivity contribution in [2.24, 2.45) is 11.7 Å². The van der Waals surface area contributed by atoms with Crippen LogP contribution in [0.5, 0.6) is 0 Å². The minimum atomic E-state index is 0. The molecule has 1 amide bonds. The van der Waals surface area contributed by atoms with E-state index in [1.807, 2.05) is 0 Å². The van der Waals surface area contributed by atoms with Gasteiger partial charge in [-0.15, -0.1) is 23.7 Å². The molecule has 0 radical (unpaired) electrons. The summed E-state index contributed by atoms with van der Waals surface area (Å²) in [7, 11) is 0. The quantitative estimate of drug-likeness (QED) is 0.819. The number of hydrogen-bond acceptors (Lipinski definition) is 6. The lowest BCUT2D eigenvalue weighted by Crippen LogP contribution is -2.51. The first-order valence-electron chi connectivity index (χ1n) is 10.1. The van der Waals surface area contributed by atoms with Gasteiger partial charge in [-0.2, -0.15) is 0 Å². The van der Waals surface area contributed by atoms with Crippen LogP contribution >= 0.6 is 23.7 Å². The monoisotopic (exact) mass is 423 g/mol. The number of anilines is 1. The van der Waals surface area contributed by atoms with Crippen LogP contribution in [0.4, 0.5) is 5.82 Å². The van der Waals surface area contributed by atoms with Crippen LogP contribution in [0.15, 0.2) is 6.33 Å². The van der Waals surface area contributed by atoms with Crippen molar-refractivity contribution in [3.05, 3.63) is 16.8 Å². The fourth-order valence-corrected chi connectivity index (χ4v) is 5.50. The number of rotatable bonds is 3. The van der Waals surface area contributed by atoms with Crippen LogP contribution in [0, 0.1) is 19.8 Å². The Balaban J connectivity index is 0.00000225. The molecule has 2 aromatic heterocycles. The Labute approximate surface area is 176 Å². The number of nitrogens with zero attached hydrogens (tertiary/aromatic N) is 4. The normalized spacial score (nSPS) is 21.0. The van der Waals surface area contributed by atoms with Gasteiger partial charge in [-0.05, 0) is 51.5 Å². The van der Waals surface area contributed by atoms with Gasteiger partial charge >= 0.3 is 0 Å². The van der Waals surface area contributed by atoms with E-state index in [9.17, 15) is 4.79 Å². The van der Waals surface area contributed by atoms with E-state index in [0.29, 0.717) is 12.5 Å². The van der Waals surface area contributed by atoms with Crippen molar-refractivity contribution in [1.82, 2.24) is 14.9 Å². The minimum Gasteiger partial charge on any atom is -0.356 e. The highest BCUT2D eigenvalue weighted by Crippen LogP contribution is 2.36. The summed E-state index contributed by atoms with van der Waals surface area (Å²) in [5.74, 6) is 1.47. The molecule has 6 nitrogen and oxygen atoms in total. The van der Waals surface area contributed by atoms with Gasteiger partial charge in [-0.3, -0.25) is 4.79 Å². The number of carbonyl (C=O) groups excluding carboxylic acids is 1. The number of aromatic nitrogens is 2. The molecule has 0 spiro atoms. The standard InChI is InChI=1S/C20H29N5OS.ClH/c1-13-14(2)27-19-17(13)18(22-12-23-19)24-9-6-15(7-10-24)20(26)25-8-4-3-5-16(25)11-21;/h12,15-16H,3-11,21H2,1-2H3;1H. The summed E-state index contributed by atoms with van der Waals surface area (Å²) in [6, 6.07) is 0.238. The van der Waals surface area contributed by atoms with Crippen molar-refractivity contribution in [1.29, 1.82) is 0 Å². The molecule has 28 heavy (non-hydrogen) atoms. The molecule has 1 unspecified atom stereocenters. The fraction of sp³-hybridized carbons (Fsp3) is 0.650. The Hall–Kier alpha value is -1.44. The van der Waals surface area contributed by atoms with Crippen molar-refractivity contribution in [2.75, 3.05) is 31.1 Å². The van der Waals surface area contributed by atoms with Gasteiger partial charge in [0.25, 0.3) is 0 Å². The minimum absolute atomic E-state index is 0. The Bertz CT molecular complexity index is 833. The Morgan fingerprint density at radius 1 is 1.18 bits per heavy atom. The van der Waals surface area contributed by atoms with E-state index in [1.165, 1.54) is 22.2 Å². The fourth-order valence-electron chi connectivity index (χ4n) is 4.51. The highest BCUT2D eigenvalue weighted by molar-refractivity contribution is 7.18. The lowest BCUT2D eigenvalue weighted by Gasteiger charge is -2.40. The molecule has 4 heterocycles. The number of aryl methyl sites for hydroxylation is 2. The van der Waals surface area contributed by atoms with Crippen molar-refractivity contribution >= 4 is 45.7 Å². The van der Waals surface area contributed by atoms with E-state index >= 15 is 0 Å². The van der Waals surface area contributed by atoms with Crippen LogP contribution in [0.1, 0.15) is 42.5 Å². The van der Waals surface area contributed by atoms with Crippen molar-refractivity contribution in [3.8, 4) is 0 Å². The molecule has 2 fully saturated rings. The molecule has 2 aliphatic rings. The van der Waals surface area contributed by atoms with Gasteiger partial charge in [0, 0.05) is 43.0 Å². The smallest absolute Gasteiger partial charge is 0.226 e. The molecular formula is C20H30ClN5OS. The topological polar surface area (TPSA) is 75.4 Å². The number of thiophene rings is 1. The van der Waals surface area contributed by atoms with Gasteiger partial charge in [0.1, 0.15) is 17.0 Å². The number of halogens is 1. The second kappa shape index (κ2) is 8.93. The molecule has 0 bridgehead atoms. The summed E-state index contributed by atoms with van der Waals surface area (Å²) in [5.41, 5.74) is 7.19. The Kier molecular flexibility index (Phi) is 6.78. The van der Waals surface area contributed by atoms with E-state index in [1.54, 1.807) is 17.7 Å². The molecule has 0 aliphatic carbocycles. The van der Waals surface area contributed by atoms with Crippen LogP contribution in [0.2, 0.25) is 0 Å². The average molecular weight is 424 g/mol. The first kappa shape index (κ1) is 21.3. The molecule has 2 aromatic rings. The predicted octanol–water partition coefficient (Wildman–Crippen LogP) is 3.29. The summed E-state index contributed by atoms with van der Waals surface area (Å²) in [5, 5.41) is 1.18. The third-order valence-corrected chi connectivity index (χ3v) is 7.39. The second-order valence-electron chi connectivity index (χ2n) is 7.84. The highest BCUT2D eigenvalue weighted by Gasteiger charge is 2.33. The number of hydrogen-bond donors (Lipinski definition) is 1.